The van der Waals surface area contributed by atoms with Gasteiger partial charge < -0.3 is 5.73 Å². The van der Waals surface area contributed by atoms with Crippen LogP contribution < -0.4 is 10.5 Å². The number of benzene rings is 1. The van der Waals surface area contributed by atoms with Crippen molar-refractivity contribution in [3.8, 4) is 0 Å². The van der Waals surface area contributed by atoms with Gasteiger partial charge in [-0.05, 0) is 34.5 Å². The first-order valence-electron chi connectivity index (χ1n) is 5.02. The van der Waals surface area contributed by atoms with Crippen LogP contribution in [0.4, 0.5) is 8.78 Å². The van der Waals surface area contributed by atoms with E-state index in [1.807, 2.05) is 4.72 Å². The van der Waals surface area contributed by atoms with Gasteiger partial charge in [-0.25, -0.2) is 21.9 Å². The van der Waals surface area contributed by atoms with Crippen molar-refractivity contribution >= 4 is 26.0 Å². The van der Waals surface area contributed by atoms with Gasteiger partial charge in [0.2, 0.25) is 10.0 Å². The van der Waals surface area contributed by atoms with Gasteiger partial charge in [-0.1, -0.05) is 12.1 Å². The predicted octanol–water partition coefficient (Wildman–Crippen LogP) is 1.63. The summed E-state index contributed by atoms with van der Waals surface area (Å²) in [5.41, 5.74) is 5.53. The summed E-state index contributed by atoms with van der Waals surface area (Å²) in [6.45, 7) is -0.228. The normalized spacial score (nSPS) is 12.7. The van der Waals surface area contributed by atoms with Crippen molar-refractivity contribution in [2.24, 2.45) is 5.73 Å². The second kappa shape index (κ2) is 5.60. The summed E-state index contributed by atoms with van der Waals surface area (Å²) in [5.74, 6) is -3.26. The Bertz CT molecular complexity index is 535. The molecule has 0 saturated heterocycles. The molecule has 0 unspecified atom stereocenters. The highest BCUT2D eigenvalue weighted by molar-refractivity contribution is 9.10. The van der Waals surface area contributed by atoms with E-state index in [0.29, 0.717) is 10.0 Å². The predicted molar refractivity (Wildman–Crippen MR) is 68.1 cm³/mol. The molecule has 0 aliphatic rings. The molecule has 1 aromatic rings. The number of sulfonamides is 1. The highest BCUT2D eigenvalue weighted by atomic mass is 79.9. The summed E-state index contributed by atoms with van der Waals surface area (Å²) in [6.07, 6.45) is 0. The fourth-order valence-electron chi connectivity index (χ4n) is 1.18. The Balaban J connectivity index is 2.98. The van der Waals surface area contributed by atoms with Gasteiger partial charge in [-0.3, -0.25) is 0 Å². The van der Waals surface area contributed by atoms with Crippen LogP contribution in [-0.4, -0.2) is 27.4 Å². The van der Waals surface area contributed by atoms with Crippen LogP contribution in [0.3, 0.4) is 0 Å². The van der Waals surface area contributed by atoms with Gasteiger partial charge in [0, 0.05) is 4.47 Å². The van der Waals surface area contributed by atoms with E-state index < -0.39 is 29.0 Å². The molecule has 0 atom stereocenters. The first kappa shape index (κ1) is 15.5. The zero-order valence-electron chi connectivity index (χ0n) is 9.58. The van der Waals surface area contributed by atoms with E-state index in [2.05, 4.69) is 15.9 Å². The molecule has 1 aromatic carbocycles. The lowest BCUT2D eigenvalue weighted by Gasteiger charge is -2.15. The molecule has 0 saturated carbocycles. The molecule has 8 heteroatoms. The van der Waals surface area contributed by atoms with Crippen molar-refractivity contribution in [2.75, 3.05) is 13.1 Å². The molecule has 3 N–H and O–H groups in total. The lowest BCUT2D eigenvalue weighted by molar-refractivity contribution is 0.0170. The van der Waals surface area contributed by atoms with Gasteiger partial charge in [0.15, 0.2) is 0 Å². The summed E-state index contributed by atoms with van der Waals surface area (Å²) < 4.78 is 51.7. The lowest BCUT2D eigenvalue weighted by Crippen LogP contribution is -2.41. The fraction of sp³-hybridized carbons (Fsp3) is 0.400. The number of nitrogens with two attached hydrogens (primary N) is 1. The SMILES string of the molecule is Cc1cccc(S(=O)(=O)NCC(F)(F)CN)c1Br. The molecule has 0 fully saturated rings. The summed E-state index contributed by atoms with van der Waals surface area (Å²) in [4.78, 5) is -0.0738. The molecule has 4 nitrogen and oxygen atoms in total. The number of hydrogen-bond donors (Lipinski definition) is 2. The maximum atomic E-state index is 12.9. The molecule has 0 aliphatic heterocycles. The van der Waals surface area contributed by atoms with Crippen LogP contribution in [0.5, 0.6) is 0 Å². The highest BCUT2D eigenvalue weighted by Gasteiger charge is 2.30. The molecule has 0 radical (unpaired) electrons. The van der Waals surface area contributed by atoms with E-state index in [0.717, 1.165) is 0 Å². The van der Waals surface area contributed by atoms with Gasteiger partial charge in [-0.2, -0.15) is 0 Å². The van der Waals surface area contributed by atoms with E-state index in [-0.39, 0.29) is 4.90 Å². The van der Waals surface area contributed by atoms with E-state index in [9.17, 15) is 17.2 Å². The number of alkyl halides is 2. The minimum Gasteiger partial charge on any atom is -0.325 e. The number of halogens is 3. The van der Waals surface area contributed by atoms with Crippen LogP contribution in [0.2, 0.25) is 0 Å². The third-order valence-electron chi connectivity index (χ3n) is 2.27. The Morgan fingerprint density at radius 3 is 2.61 bits per heavy atom. The second-order valence-corrected chi connectivity index (χ2v) is 6.30. The van der Waals surface area contributed by atoms with E-state index in [1.54, 1.807) is 13.0 Å². The van der Waals surface area contributed by atoms with Crippen LogP contribution in [-0.2, 0) is 10.0 Å². The molecule has 0 aromatic heterocycles. The summed E-state index contributed by atoms with van der Waals surface area (Å²) >= 11 is 3.12. The lowest BCUT2D eigenvalue weighted by atomic mass is 10.2. The zero-order chi connectivity index (χ0) is 14.0. The third kappa shape index (κ3) is 3.71. The van der Waals surface area contributed by atoms with Gasteiger partial charge in [-0.15, -0.1) is 0 Å². The minimum absolute atomic E-state index is 0.0738. The summed E-state index contributed by atoms with van der Waals surface area (Å²) in [6, 6.07) is 4.58. The van der Waals surface area contributed by atoms with Gasteiger partial charge in [0.1, 0.15) is 0 Å². The number of rotatable bonds is 5. The van der Waals surface area contributed by atoms with Gasteiger partial charge >= 0.3 is 0 Å². The fourth-order valence-corrected chi connectivity index (χ4v) is 3.29. The Morgan fingerprint density at radius 2 is 2.06 bits per heavy atom. The average Bonchev–Trinajstić information content (AvgIpc) is 2.30. The highest BCUT2D eigenvalue weighted by Crippen LogP contribution is 2.25. The zero-order valence-corrected chi connectivity index (χ0v) is 12.0. The molecule has 0 amide bonds. The van der Waals surface area contributed by atoms with Crippen molar-refractivity contribution < 1.29 is 17.2 Å². The molecule has 0 bridgehead atoms. The molecular weight excluding hydrogens is 330 g/mol. The third-order valence-corrected chi connectivity index (χ3v) is 5.02. The first-order valence-corrected chi connectivity index (χ1v) is 7.30. The molecular formula is C10H13BrF2N2O2S. The van der Waals surface area contributed by atoms with Crippen LogP contribution in [0.1, 0.15) is 5.56 Å². The topological polar surface area (TPSA) is 72.2 Å². The second-order valence-electron chi connectivity index (χ2n) is 3.77. The first-order chi connectivity index (χ1) is 8.19. The standard InChI is InChI=1S/C10H13BrF2N2O2S/c1-7-3-2-4-8(9(7)11)18(16,17)15-6-10(12,13)5-14/h2-4,15H,5-6,14H2,1H3. The smallest absolute Gasteiger partial charge is 0.273 e. The van der Waals surface area contributed by atoms with Crippen molar-refractivity contribution in [3.63, 3.8) is 0 Å². The Labute approximate surface area is 113 Å². The van der Waals surface area contributed by atoms with Crippen molar-refractivity contribution in [1.29, 1.82) is 0 Å². The molecule has 102 valence electrons. The summed E-state index contributed by atoms with van der Waals surface area (Å²) in [7, 11) is -3.99. The van der Waals surface area contributed by atoms with Crippen LogP contribution in [0.25, 0.3) is 0 Å². The molecule has 0 spiro atoms. The monoisotopic (exact) mass is 342 g/mol. The summed E-state index contributed by atoms with van der Waals surface area (Å²) in [5, 5.41) is 0. The molecule has 18 heavy (non-hydrogen) atoms. The number of hydrogen-bond acceptors (Lipinski definition) is 3. The maximum absolute atomic E-state index is 12.9. The van der Waals surface area contributed by atoms with Gasteiger partial charge in [0.05, 0.1) is 18.0 Å². The minimum atomic E-state index is -3.99. The largest absolute Gasteiger partial charge is 0.325 e. The Kier molecular flexibility index (Phi) is 4.82. The van der Waals surface area contributed by atoms with E-state index in [4.69, 9.17) is 5.73 Å². The van der Waals surface area contributed by atoms with Crippen LogP contribution in [0.15, 0.2) is 27.6 Å². The Morgan fingerprint density at radius 1 is 1.44 bits per heavy atom. The van der Waals surface area contributed by atoms with Crippen LogP contribution >= 0.6 is 15.9 Å². The van der Waals surface area contributed by atoms with E-state index in [1.165, 1.54) is 12.1 Å². The van der Waals surface area contributed by atoms with Crippen LogP contribution in [0, 0.1) is 6.92 Å². The number of nitrogens with one attached hydrogen (secondary N) is 1. The average molecular weight is 343 g/mol. The van der Waals surface area contributed by atoms with Crippen molar-refractivity contribution in [3.05, 3.63) is 28.2 Å². The molecule has 1 rings (SSSR count). The van der Waals surface area contributed by atoms with Crippen molar-refractivity contribution in [2.45, 2.75) is 17.7 Å². The molecule has 0 heterocycles. The number of aryl methyl sites for hydroxylation is 1. The van der Waals surface area contributed by atoms with E-state index >= 15 is 0 Å². The van der Waals surface area contributed by atoms with Crippen molar-refractivity contribution in [1.82, 2.24) is 4.72 Å². The Hall–Kier alpha value is -0.570. The van der Waals surface area contributed by atoms with Gasteiger partial charge in [0.25, 0.3) is 5.92 Å². The maximum Gasteiger partial charge on any atom is 0.273 e. The molecule has 0 aliphatic carbocycles. The quantitative estimate of drug-likeness (QED) is 0.854.